The fourth-order valence-corrected chi connectivity index (χ4v) is 6.26. The van der Waals surface area contributed by atoms with Gasteiger partial charge in [0, 0.05) is 25.2 Å². The van der Waals surface area contributed by atoms with Crippen molar-refractivity contribution < 1.29 is 57.8 Å². The molecule has 10 nitrogen and oxygen atoms in total. The van der Waals surface area contributed by atoms with E-state index in [1.54, 1.807) is 6.42 Å². The summed E-state index contributed by atoms with van der Waals surface area (Å²) in [6.07, 6.45) is 14.9. The Hall–Kier alpha value is 0.180. The first kappa shape index (κ1) is 28.4. The normalized spacial score (nSPS) is 33.1. The molecule has 4 rings (SSSR count). The Balaban J connectivity index is 0.000000308. The van der Waals surface area contributed by atoms with Gasteiger partial charge in [0.25, 0.3) is 0 Å². The van der Waals surface area contributed by atoms with Crippen molar-refractivity contribution in [2.45, 2.75) is 83.2 Å². The molecule has 4 aliphatic heterocycles. The summed E-state index contributed by atoms with van der Waals surface area (Å²) in [5, 5.41) is 0. The minimum Gasteiger partial charge on any atom is -0.300 e. The highest BCUT2D eigenvalue weighted by Gasteiger charge is 2.47. The molecule has 0 aromatic carbocycles. The molecule has 32 heavy (non-hydrogen) atoms. The number of nitrogens with zero attached hydrogens (tertiary/aromatic N) is 2. The van der Waals surface area contributed by atoms with Gasteiger partial charge in [-0.25, -0.2) is 0 Å². The molecule has 0 aliphatic carbocycles. The molecule has 2 N–H and O–H groups in total. The van der Waals surface area contributed by atoms with Crippen LogP contribution >= 0.6 is 0 Å². The van der Waals surface area contributed by atoms with E-state index >= 15 is 0 Å². The lowest BCUT2D eigenvalue weighted by Gasteiger charge is -2.58. The molecule has 5 atom stereocenters. The van der Waals surface area contributed by atoms with Gasteiger partial charge in [-0.05, 0) is 62.9 Å². The van der Waals surface area contributed by atoms with Crippen molar-refractivity contribution in [3.8, 4) is 0 Å². The van der Waals surface area contributed by atoms with Crippen molar-refractivity contribution in [2.24, 2.45) is 17.8 Å². The minimum absolute atomic E-state index is 0.944. The number of piperidine rings is 4. The maximum absolute atomic E-state index is 8.60. The molecule has 4 heterocycles. The zero-order valence-electron chi connectivity index (χ0n) is 18.8. The zero-order chi connectivity index (χ0) is 23.9. The molecular weight excluding hydrogens is 467 g/mol. The van der Waals surface area contributed by atoms with Crippen molar-refractivity contribution in [3.63, 3.8) is 0 Å². The van der Waals surface area contributed by atoms with E-state index < -0.39 is 20.5 Å². The summed E-state index contributed by atoms with van der Waals surface area (Å²) in [6, 6.07) is 1.90. The Morgan fingerprint density at radius 1 is 0.750 bits per heavy atom. The first-order chi connectivity index (χ1) is 14.8. The van der Waals surface area contributed by atoms with Crippen LogP contribution in [0.3, 0.4) is 0 Å². The van der Waals surface area contributed by atoms with Crippen molar-refractivity contribution in [3.05, 3.63) is 0 Å². The summed E-state index contributed by atoms with van der Waals surface area (Å²) < 4.78 is 65.4. The Kier molecular flexibility index (Phi) is 11.3. The topological polar surface area (TPSA) is 185 Å². The average Bonchev–Trinajstić information content (AvgIpc) is 2.66. The van der Waals surface area contributed by atoms with Gasteiger partial charge in [0.1, 0.15) is 0 Å². The van der Waals surface area contributed by atoms with Gasteiger partial charge in [0.05, 0.1) is 29.8 Å². The van der Waals surface area contributed by atoms with E-state index in [-0.39, 0.29) is 0 Å². The van der Waals surface area contributed by atoms with Gasteiger partial charge < -0.3 is 0 Å². The number of unbranched alkanes of at least 4 members (excludes halogenated alkanes) is 2. The summed E-state index contributed by atoms with van der Waals surface area (Å²) in [7, 11) is -9.39. The number of halogens is 2. The number of rotatable bonds is 4. The minimum atomic E-state index is -4.69. The van der Waals surface area contributed by atoms with Crippen LogP contribution in [0, 0.1) is 38.2 Å². The highest BCUT2D eigenvalue weighted by Crippen LogP contribution is 2.44. The smallest absolute Gasteiger partial charge is 0.0777 e. The predicted molar refractivity (Wildman–Crippen MR) is 97.5 cm³/mol. The molecule has 0 aromatic heterocycles. The van der Waals surface area contributed by atoms with Gasteiger partial charge in [-0.1, -0.05) is 39.0 Å². The summed E-state index contributed by atoms with van der Waals surface area (Å²) >= 11 is 0. The van der Waals surface area contributed by atoms with Crippen LogP contribution in [-0.2, 0) is 0 Å². The Morgan fingerprint density at radius 3 is 1.91 bits per heavy atom. The third kappa shape index (κ3) is 10.6. The second-order valence-electron chi connectivity index (χ2n) is 9.55. The van der Waals surface area contributed by atoms with Crippen LogP contribution in [0.4, 0.5) is 0 Å². The molecule has 1 unspecified atom stereocenters. The summed E-state index contributed by atoms with van der Waals surface area (Å²) in [6.45, 7) is 8.03. The first-order valence-corrected chi connectivity index (χ1v) is 14.1. The van der Waals surface area contributed by atoms with E-state index in [9.17, 15) is 0 Å². The van der Waals surface area contributed by atoms with E-state index in [1.807, 2.05) is 0 Å². The second-order valence-corrected chi connectivity index (χ2v) is 11.1. The largest absolute Gasteiger partial charge is 0.300 e. The lowest BCUT2D eigenvalue weighted by Crippen LogP contribution is -2.63. The fraction of sp³-hybridized carbons (Fsp3) is 1.00. The Labute approximate surface area is 194 Å². The molecule has 2 bridgehead atoms. The fourth-order valence-electron chi connectivity index (χ4n) is 6.26. The molecular formula is C20H38Cl2N2O8. The lowest BCUT2D eigenvalue weighted by atomic mass is 9.69. The molecule has 4 aliphatic rings. The number of fused-ring (bicyclic) bond motifs is 6. The highest BCUT2D eigenvalue weighted by atomic mass is 35.7. The average molecular weight is 505 g/mol. The Bertz CT molecular complexity index is 525. The van der Waals surface area contributed by atoms with E-state index in [0.29, 0.717) is 0 Å². The monoisotopic (exact) mass is 504 g/mol. The van der Waals surface area contributed by atoms with Gasteiger partial charge in [0.15, 0.2) is 0 Å². The molecule has 0 spiro atoms. The van der Waals surface area contributed by atoms with Gasteiger partial charge in [0.2, 0.25) is 0 Å². The molecule has 4 fully saturated rings. The molecule has 0 aromatic rings. The number of hydrogen-bond donors (Lipinski definition) is 2. The Morgan fingerprint density at radius 2 is 1.31 bits per heavy atom. The summed E-state index contributed by atoms with van der Waals surface area (Å²) in [5.41, 5.74) is 0. The standard InChI is InChI=1S/C20H36N2.2ClHO4/c1-2-3-4-7-16-9-11-22-14-17-13-18(20(22)12-16)15-21-10-6-5-8-19(17)21;2*2-1(3,4)5/h16-20H,2-15H2,1H3;2*(H,2,3,4,5)/t16?,17-,18-,19+,20-;;/m0../s1. The van der Waals surface area contributed by atoms with Crippen LogP contribution in [0.2, 0.25) is 0 Å². The van der Waals surface area contributed by atoms with E-state index in [1.165, 1.54) is 84.0 Å². The van der Waals surface area contributed by atoms with Gasteiger partial charge in [-0.2, -0.15) is 28.0 Å². The van der Waals surface area contributed by atoms with Crippen LogP contribution in [-0.4, -0.2) is 57.4 Å². The highest BCUT2D eigenvalue weighted by molar-refractivity contribution is 5.01. The molecule has 190 valence electrons. The van der Waals surface area contributed by atoms with Crippen LogP contribution in [0.5, 0.6) is 0 Å². The van der Waals surface area contributed by atoms with Crippen LogP contribution in [0.15, 0.2) is 0 Å². The third-order valence-corrected chi connectivity index (χ3v) is 7.38. The third-order valence-electron chi connectivity index (χ3n) is 7.38. The molecule has 4 saturated heterocycles. The predicted octanol–water partition coefficient (Wildman–Crippen LogP) is -4.10. The molecule has 0 amide bonds. The SMILES string of the molecule is CCCCCC1CCN2C[C@@H]3C[C@@H](CN4CCCC[C@H]34)[C@@H]2C1.[O-][Cl+3]([O-])([O-])O.[O-][Cl+3]([O-])([O-])O. The summed E-state index contributed by atoms with van der Waals surface area (Å²) in [4.78, 5) is 5.83. The van der Waals surface area contributed by atoms with Crippen molar-refractivity contribution in [1.29, 1.82) is 0 Å². The maximum Gasteiger partial charge on any atom is 0.0777 e. The first-order valence-electron chi connectivity index (χ1n) is 11.6. The molecule has 0 radical (unpaired) electrons. The van der Waals surface area contributed by atoms with Crippen molar-refractivity contribution in [1.82, 2.24) is 9.80 Å². The molecule has 12 heteroatoms. The number of hydrogen-bond acceptors (Lipinski definition) is 10. The zero-order valence-corrected chi connectivity index (χ0v) is 20.3. The van der Waals surface area contributed by atoms with Crippen LogP contribution < -0.4 is 28.0 Å². The van der Waals surface area contributed by atoms with Gasteiger partial charge >= 0.3 is 0 Å². The van der Waals surface area contributed by atoms with E-state index in [4.69, 9.17) is 37.3 Å². The summed E-state index contributed by atoms with van der Waals surface area (Å²) in [5.74, 6) is 3.05. The van der Waals surface area contributed by atoms with Crippen LogP contribution in [0.25, 0.3) is 0 Å². The van der Waals surface area contributed by atoms with Crippen LogP contribution in [0.1, 0.15) is 71.1 Å². The quantitative estimate of drug-likeness (QED) is 0.356. The lowest BCUT2D eigenvalue weighted by molar-refractivity contribution is -1.92. The van der Waals surface area contributed by atoms with Gasteiger partial charge in [-0.15, -0.1) is 0 Å². The second kappa shape index (κ2) is 12.8. The van der Waals surface area contributed by atoms with Crippen molar-refractivity contribution >= 4 is 0 Å². The maximum atomic E-state index is 8.60. The van der Waals surface area contributed by atoms with E-state index in [0.717, 1.165) is 29.8 Å². The van der Waals surface area contributed by atoms with Gasteiger partial charge in [-0.3, -0.25) is 9.80 Å². The van der Waals surface area contributed by atoms with Crippen molar-refractivity contribution in [2.75, 3.05) is 26.2 Å². The molecule has 0 saturated carbocycles. The van der Waals surface area contributed by atoms with E-state index in [2.05, 4.69) is 16.7 Å².